The van der Waals surface area contributed by atoms with Crippen LogP contribution in [-0.4, -0.2) is 24.4 Å². The Hall–Kier alpha value is 0.556. The molecular formula is C6H13O2Os. The fourth-order valence-electron chi connectivity index (χ4n) is 0.887. The Labute approximate surface area is 68.6 Å². The zero-order chi connectivity index (χ0) is 5.82. The number of aliphatic hydroxyl groups excluding tert-OH is 1. The first-order valence-corrected chi connectivity index (χ1v) is 3.15. The fourth-order valence-corrected chi connectivity index (χ4v) is 0.887. The molecule has 9 heavy (non-hydrogen) atoms. The van der Waals surface area contributed by atoms with Crippen molar-refractivity contribution < 1.29 is 29.6 Å². The predicted molar refractivity (Wildman–Crippen MR) is 32.1 cm³/mol. The van der Waals surface area contributed by atoms with E-state index in [-0.39, 0.29) is 25.9 Å². The van der Waals surface area contributed by atoms with Gasteiger partial charge in [-0.3, -0.25) is 0 Å². The second-order valence-corrected chi connectivity index (χ2v) is 2.20. The summed E-state index contributed by atoms with van der Waals surface area (Å²) in [4.78, 5) is 0. The zero-order valence-corrected chi connectivity index (χ0v) is 8.06. The average molecular weight is 307 g/mol. The van der Waals surface area contributed by atoms with Crippen molar-refractivity contribution in [3.05, 3.63) is 0 Å². The first-order chi connectivity index (χ1) is 3.89. The third kappa shape index (κ3) is 4.03. The maximum absolute atomic E-state index is 9.01. The topological polar surface area (TPSA) is 29.5 Å². The minimum absolute atomic E-state index is 0. The number of hydrogen-bond donors (Lipinski definition) is 1. The molecule has 1 aliphatic heterocycles. The Balaban J connectivity index is 0.000000640. The van der Waals surface area contributed by atoms with Gasteiger partial charge in [0.25, 0.3) is 0 Å². The summed E-state index contributed by atoms with van der Waals surface area (Å²) in [6.07, 6.45) is 2.65. The zero-order valence-electron chi connectivity index (χ0n) is 5.35. The first kappa shape index (κ1) is 9.56. The number of rotatable bonds is 0. The van der Waals surface area contributed by atoms with Gasteiger partial charge in [0.15, 0.2) is 0 Å². The van der Waals surface area contributed by atoms with Crippen LogP contribution in [-0.2, 0) is 24.5 Å². The molecule has 0 saturated carbocycles. The van der Waals surface area contributed by atoms with Gasteiger partial charge < -0.3 is 9.84 Å². The number of aliphatic hydroxyl groups is 1. The van der Waals surface area contributed by atoms with E-state index in [0.29, 0.717) is 0 Å². The van der Waals surface area contributed by atoms with Gasteiger partial charge in [-0.15, -0.1) is 0 Å². The van der Waals surface area contributed by atoms with Crippen molar-refractivity contribution in [1.29, 1.82) is 0 Å². The molecule has 57 valence electrons. The van der Waals surface area contributed by atoms with Gasteiger partial charge in [0.2, 0.25) is 0 Å². The van der Waals surface area contributed by atoms with E-state index >= 15 is 0 Å². The van der Waals surface area contributed by atoms with Crippen LogP contribution in [0.1, 0.15) is 19.3 Å². The standard InChI is InChI=1S/C6H12O2.Os.H/c7-6-2-1-4-8-5-3-6;;/h6-7H,1-5H2;;. The molecule has 0 aromatic carbocycles. The van der Waals surface area contributed by atoms with Crippen LogP contribution in [0.2, 0.25) is 0 Å². The molecular weight excluding hydrogens is 294 g/mol. The molecule has 3 heteroatoms. The molecule has 2 nitrogen and oxygen atoms in total. The van der Waals surface area contributed by atoms with Gasteiger partial charge in [-0.2, -0.15) is 0 Å². The average Bonchev–Trinajstić information content (AvgIpc) is 1.94. The van der Waals surface area contributed by atoms with Crippen LogP contribution >= 0.6 is 0 Å². The molecule has 0 bridgehead atoms. The van der Waals surface area contributed by atoms with Crippen LogP contribution in [0.3, 0.4) is 0 Å². The van der Waals surface area contributed by atoms with E-state index in [1.165, 1.54) is 0 Å². The van der Waals surface area contributed by atoms with Crippen molar-refractivity contribution in [3.8, 4) is 0 Å². The van der Waals surface area contributed by atoms with Crippen LogP contribution in [0, 0.1) is 0 Å². The molecule has 0 aromatic rings. The van der Waals surface area contributed by atoms with E-state index in [9.17, 15) is 0 Å². The third-order valence-corrected chi connectivity index (χ3v) is 1.42. The molecule has 1 N–H and O–H groups in total. The van der Waals surface area contributed by atoms with Gasteiger partial charge in [-0.25, -0.2) is 0 Å². The Morgan fingerprint density at radius 2 is 2.00 bits per heavy atom. The van der Waals surface area contributed by atoms with Crippen LogP contribution in [0.25, 0.3) is 0 Å². The Morgan fingerprint density at radius 1 is 1.22 bits per heavy atom. The first-order valence-electron chi connectivity index (χ1n) is 3.15. The quantitative estimate of drug-likeness (QED) is 0.696. The maximum atomic E-state index is 9.01. The van der Waals surface area contributed by atoms with Gasteiger partial charge in [0, 0.05) is 13.2 Å². The normalized spacial score (nSPS) is 28.3. The number of hydrogen-bond acceptors (Lipinski definition) is 2. The summed E-state index contributed by atoms with van der Waals surface area (Å²) in [5, 5.41) is 9.01. The third-order valence-electron chi connectivity index (χ3n) is 1.42. The van der Waals surface area contributed by atoms with E-state index in [0.717, 1.165) is 32.5 Å². The molecule has 1 saturated heterocycles. The van der Waals surface area contributed by atoms with Crippen LogP contribution in [0.5, 0.6) is 0 Å². The summed E-state index contributed by atoms with van der Waals surface area (Å²) in [6, 6.07) is 0. The molecule has 1 heterocycles. The molecule has 0 spiro atoms. The Kier molecular flexibility index (Phi) is 5.68. The van der Waals surface area contributed by atoms with Crippen LogP contribution in [0.4, 0.5) is 0 Å². The molecule has 1 unspecified atom stereocenters. The van der Waals surface area contributed by atoms with E-state index in [2.05, 4.69) is 0 Å². The number of ether oxygens (including phenoxy) is 1. The summed E-state index contributed by atoms with van der Waals surface area (Å²) in [5.41, 5.74) is 0. The van der Waals surface area contributed by atoms with E-state index < -0.39 is 0 Å². The van der Waals surface area contributed by atoms with Crippen molar-refractivity contribution in [2.24, 2.45) is 0 Å². The van der Waals surface area contributed by atoms with Gasteiger partial charge >= 0.3 is 19.8 Å². The summed E-state index contributed by atoms with van der Waals surface area (Å²) < 4.78 is 5.10. The monoisotopic (exact) mass is 309 g/mol. The van der Waals surface area contributed by atoms with Crippen molar-refractivity contribution in [1.82, 2.24) is 0 Å². The SMILES string of the molecule is OC1CCCOCC1.[OsH]. The summed E-state index contributed by atoms with van der Waals surface area (Å²) >= 11 is 0. The molecule has 1 aliphatic rings. The molecule has 0 amide bonds. The van der Waals surface area contributed by atoms with Crippen LogP contribution < -0.4 is 0 Å². The Morgan fingerprint density at radius 3 is 2.78 bits per heavy atom. The predicted octanol–water partition coefficient (Wildman–Crippen LogP) is 0.278. The molecule has 1 atom stereocenters. The Bertz CT molecular complexity index is 60.1. The summed E-state index contributed by atoms with van der Waals surface area (Å²) in [6.45, 7) is 1.57. The van der Waals surface area contributed by atoms with Gasteiger partial charge in [-0.1, -0.05) is 0 Å². The molecule has 0 aliphatic carbocycles. The fraction of sp³-hybridized carbons (Fsp3) is 1.00. The van der Waals surface area contributed by atoms with Gasteiger partial charge in [0.05, 0.1) is 6.10 Å². The van der Waals surface area contributed by atoms with E-state index in [1.54, 1.807) is 0 Å². The van der Waals surface area contributed by atoms with Crippen LogP contribution in [0.15, 0.2) is 0 Å². The molecule has 0 radical (unpaired) electrons. The van der Waals surface area contributed by atoms with E-state index in [1.807, 2.05) is 0 Å². The van der Waals surface area contributed by atoms with Crippen molar-refractivity contribution in [2.45, 2.75) is 25.4 Å². The molecule has 0 aromatic heterocycles. The summed E-state index contributed by atoms with van der Waals surface area (Å²) in [7, 11) is 0. The van der Waals surface area contributed by atoms with Crippen molar-refractivity contribution in [2.75, 3.05) is 13.2 Å². The second-order valence-electron chi connectivity index (χ2n) is 2.20. The van der Waals surface area contributed by atoms with E-state index in [4.69, 9.17) is 9.84 Å². The van der Waals surface area contributed by atoms with Crippen molar-refractivity contribution in [3.63, 3.8) is 0 Å². The molecule has 1 fully saturated rings. The van der Waals surface area contributed by atoms with Crippen molar-refractivity contribution >= 4 is 0 Å². The minimum atomic E-state index is -0.0995. The van der Waals surface area contributed by atoms with Gasteiger partial charge in [0.1, 0.15) is 0 Å². The summed E-state index contributed by atoms with van der Waals surface area (Å²) in [5.74, 6) is 0. The second kappa shape index (κ2) is 5.35. The van der Waals surface area contributed by atoms with Gasteiger partial charge in [-0.05, 0) is 19.3 Å². The molecule has 1 rings (SSSR count).